The molecule has 7 heteroatoms. The Kier molecular flexibility index (Phi) is 4.40. The van der Waals surface area contributed by atoms with E-state index in [1.165, 1.54) is 18.3 Å². The van der Waals surface area contributed by atoms with E-state index >= 15 is 0 Å². The smallest absolute Gasteiger partial charge is 0.225 e. The number of para-hydroxylation sites is 2. The fourth-order valence-electron chi connectivity index (χ4n) is 2.34. The van der Waals surface area contributed by atoms with Crippen molar-refractivity contribution in [2.75, 3.05) is 11.4 Å². The van der Waals surface area contributed by atoms with Gasteiger partial charge >= 0.3 is 0 Å². The van der Waals surface area contributed by atoms with Crippen LogP contribution in [0, 0.1) is 11.3 Å². The number of rotatable bonds is 4. The molecular weight excluding hydrogens is 322 g/mol. The summed E-state index contributed by atoms with van der Waals surface area (Å²) in [4.78, 5) is 25.2. The van der Waals surface area contributed by atoms with Crippen LogP contribution in [0.2, 0.25) is 0 Å². The number of carbonyl (C=O) groups excluding carboxylic acids is 1. The van der Waals surface area contributed by atoms with Crippen molar-refractivity contribution in [3.05, 3.63) is 41.2 Å². The van der Waals surface area contributed by atoms with Crippen LogP contribution in [0.4, 0.5) is 5.13 Å². The second-order valence-electron chi connectivity index (χ2n) is 5.09. The minimum absolute atomic E-state index is 0.0554. The molecule has 1 aromatic carbocycles. The summed E-state index contributed by atoms with van der Waals surface area (Å²) in [7, 11) is 0. The van der Waals surface area contributed by atoms with Gasteiger partial charge in [-0.2, -0.15) is 5.26 Å². The van der Waals surface area contributed by atoms with Gasteiger partial charge in [-0.25, -0.2) is 9.97 Å². The number of nitrogens with one attached hydrogen (secondary N) is 1. The van der Waals surface area contributed by atoms with Gasteiger partial charge in [-0.05, 0) is 25.1 Å². The van der Waals surface area contributed by atoms with Crippen LogP contribution in [-0.2, 0) is 4.79 Å². The van der Waals surface area contributed by atoms with Crippen LogP contribution in [0.1, 0.15) is 25.4 Å². The lowest BCUT2D eigenvalue weighted by atomic mass is 10.2. The Morgan fingerprint density at radius 1 is 1.42 bits per heavy atom. The zero-order chi connectivity index (χ0) is 17.1. The molecule has 3 aromatic rings. The third-order valence-electron chi connectivity index (χ3n) is 3.49. The van der Waals surface area contributed by atoms with E-state index in [4.69, 9.17) is 0 Å². The number of allylic oxidation sites excluding steroid dienone is 1. The van der Waals surface area contributed by atoms with Gasteiger partial charge in [0, 0.05) is 18.8 Å². The van der Waals surface area contributed by atoms with Crippen molar-refractivity contribution >= 4 is 45.1 Å². The number of imidazole rings is 1. The molecule has 24 heavy (non-hydrogen) atoms. The minimum atomic E-state index is -0.0554. The number of fused-ring (bicyclic) bond motifs is 1. The normalized spacial score (nSPS) is 11.5. The standard InChI is InChI=1S/C17H15N5OS/c1-3-22(11(2)23)17-19-13(10-24-17)8-12(9-18)16-20-14-6-4-5-7-15(14)21-16/h4-8,10H,3H2,1-2H3,(H,20,21). The number of aromatic amines is 1. The Labute approximate surface area is 143 Å². The fourth-order valence-corrected chi connectivity index (χ4v) is 3.23. The zero-order valence-corrected chi connectivity index (χ0v) is 14.1. The molecule has 0 aliphatic rings. The summed E-state index contributed by atoms with van der Waals surface area (Å²) in [5, 5.41) is 11.9. The topological polar surface area (TPSA) is 85.7 Å². The molecule has 1 amide bonds. The highest BCUT2D eigenvalue weighted by Gasteiger charge is 2.14. The fraction of sp³-hybridized carbons (Fsp3) is 0.176. The predicted molar refractivity (Wildman–Crippen MR) is 95.4 cm³/mol. The van der Waals surface area contributed by atoms with Gasteiger partial charge in [0.2, 0.25) is 5.91 Å². The number of hydrogen-bond acceptors (Lipinski definition) is 5. The Bertz CT molecular complexity index is 930. The van der Waals surface area contributed by atoms with Crippen LogP contribution in [0.5, 0.6) is 0 Å². The largest absolute Gasteiger partial charge is 0.337 e. The maximum atomic E-state index is 11.6. The molecule has 0 radical (unpaired) electrons. The number of thiazole rings is 1. The van der Waals surface area contributed by atoms with Crippen molar-refractivity contribution < 1.29 is 4.79 Å². The average molecular weight is 337 g/mol. The van der Waals surface area contributed by atoms with Crippen LogP contribution in [0.25, 0.3) is 22.7 Å². The lowest BCUT2D eigenvalue weighted by Crippen LogP contribution is -2.27. The van der Waals surface area contributed by atoms with Gasteiger partial charge in [0.1, 0.15) is 11.9 Å². The van der Waals surface area contributed by atoms with E-state index in [2.05, 4.69) is 21.0 Å². The number of nitrogens with zero attached hydrogens (tertiary/aromatic N) is 4. The van der Waals surface area contributed by atoms with Gasteiger partial charge in [0.05, 0.1) is 22.3 Å². The SMILES string of the molecule is CCN(C(C)=O)c1nc(C=C(C#N)c2nc3ccccc3[nH]2)cs1. The van der Waals surface area contributed by atoms with Gasteiger partial charge in [0.15, 0.2) is 5.13 Å². The molecule has 0 spiro atoms. The number of carbonyl (C=O) groups is 1. The maximum Gasteiger partial charge on any atom is 0.225 e. The average Bonchev–Trinajstić information content (AvgIpc) is 3.19. The Balaban J connectivity index is 1.95. The van der Waals surface area contributed by atoms with Gasteiger partial charge in [-0.1, -0.05) is 12.1 Å². The molecule has 0 fully saturated rings. The summed E-state index contributed by atoms with van der Waals surface area (Å²) in [6.45, 7) is 3.96. The van der Waals surface area contributed by atoms with Crippen LogP contribution < -0.4 is 4.90 Å². The summed E-state index contributed by atoms with van der Waals surface area (Å²) in [6.07, 6.45) is 1.67. The van der Waals surface area contributed by atoms with Crippen molar-refractivity contribution in [2.45, 2.75) is 13.8 Å². The number of benzene rings is 1. The number of anilines is 1. The highest BCUT2D eigenvalue weighted by Crippen LogP contribution is 2.24. The molecule has 1 N–H and O–H groups in total. The molecular formula is C17H15N5OS. The van der Waals surface area contributed by atoms with Gasteiger partial charge in [-0.15, -0.1) is 11.3 Å². The summed E-state index contributed by atoms with van der Waals surface area (Å²) in [5.74, 6) is 0.451. The highest BCUT2D eigenvalue weighted by atomic mass is 32.1. The maximum absolute atomic E-state index is 11.6. The first-order valence-corrected chi connectivity index (χ1v) is 8.31. The second-order valence-corrected chi connectivity index (χ2v) is 5.93. The molecule has 0 saturated heterocycles. The summed E-state index contributed by atoms with van der Waals surface area (Å²) < 4.78 is 0. The molecule has 0 atom stereocenters. The molecule has 2 heterocycles. The summed E-state index contributed by atoms with van der Waals surface area (Å²) in [5.41, 5.74) is 2.71. The lowest BCUT2D eigenvalue weighted by molar-refractivity contribution is -0.116. The van der Waals surface area contributed by atoms with E-state index in [9.17, 15) is 10.1 Å². The predicted octanol–water partition coefficient (Wildman–Crippen LogP) is 3.46. The molecule has 3 rings (SSSR count). The third kappa shape index (κ3) is 3.05. The van der Waals surface area contributed by atoms with Crippen molar-refractivity contribution in [1.82, 2.24) is 15.0 Å². The minimum Gasteiger partial charge on any atom is -0.337 e. The molecule has 0 saturated carbocycles. The molecule has 0 aliphatic carbocycles. The van der Waals surface area contributed by atoms with E-state index in [0.717, 1.165) is 11.0 Å². The molecule has 120 valence electrons. The first-order valence-electron chi connectivity index (χ1n) is 7.43. The second kappa shape index (κ2) is 6.64. The number of nitriles is 1. The molecule has 2 aromatic heterocycles. The van der Waals surface area contributed by atoms with E-state index in [0.29, 0.717) is 28.8 Å². The highest BCUT2D eigenvalue weighted by molar-refractivity contribution is 7.14. The van der Waals surface area contributed by atoms with Crippen molar-refractivity contribution in [3.8, 4) is 6.07 Å². The van der Waals surface area contributed by atoms with Gasteiger partial charge < -0.3 is 4.98 Å². The molecule has 0 unspecified atom stereocenters. The Morgan fingerprint density at radius 2 is 2.21 bits per heavy atom. The monoisotopic (exact) mass is 337 g/mol. The number of amides is 1. The third-order valence-corrected chi connectivity index (χ3v) is 4.38. The van der Waals surface area contributed by atoms with Crippen LogP contribution >= 0.6 is 11.3 Å². The van der Waals surface area contributed by atoms with E-state index < -0.39 is 0 Å². The Hall–Kier alpha value is -2.98. The van der Waals surface area contributed by atoms with Crippen LogP contribution in [0.3, 0.4) is 0 Å². The molecule has 0 bridgehead atoms. The van der Waals surface area contributed by atoms with Gasteiger partial charge in [0.25, 0.3) is 0 Å². The Morgan fingerprint density at radius 3 is 2.88 bits per heavy atom. The van der Waals surface area contributed by atoms with Crippen LogP contribution in [0.15, 0.2) is 29.6 Å². The first kappa shape index (κ1) is 15.9. The number of aromatic nitrogens is 3. The summed E-state index contributed by atoms with van der Waals surface area (Å²) >= 11 is 1.37. The van der Waals surface area contributed by atoms with E-state index in [-0.39, 0.29) is 5.91 Å². The molecule has 6 nitrogen and oxygen atoms in total. The van der Waals surface area contributed by atoms with Gasteiger partial charge in [-0.3, -0.25) is 9.69 Å². The first-order chi connectivity index (χ1) is 11.6. The zero-order valence-electron chi connectivity index (χ0n) is 13.3. The quantitative estimate of drug-likeness (QED) is 0.739. The van der Waals surface area contributed by atoms with Crippen LogP contribution in [-0.4, -0.2) is 27.4 Å². The van der Waals surface area contributed by atoms with Crippen molar-refractivity contribution in [1.29, 1.82) is 5.26 Å². The molecule has 0 aliphatic heterocycles. The van der Waals surface area contributed by atoms with Crippen molar-refractivity contribution in [3.63, 3.8) is 0 Å². The summed E-state index contributed by atoms with van der Waals surface area (Å²) in [6, 6.07) is 9.76. The lowest BCUT2D eigenvalue weighted by Gasteiger charge is -2.14. The number of H-pyrrole nitrogens is 1. The number of hydrogen-bond donors (Lipinski definition) is 1. The van der Waals surface area contributed by atoms with Crippen molar-refractivity contribution in [2.24, 2.45) is 0 Å². The van der Waals surface area contributed by atoms with E-state index in [1.54, 1.807) is 11.0 Å². The van der Waals surface area contributed by atoms with E-state index in [1.807, 2.05) is 36.6 Å².